The number of fused-ring (bicyclic) bond motifs is 1. The van der Waals surface area contributed by atoms with Gasteiger partial charge in [-0.05, 0) is 55.4 Å². The molecule has 4 aromatic rings. The standard InChI is InChI=1S/C27H27ClN4O3/c28-23-12-20(35-19-7-2-1-3-8-19)9-10-21(23)25(34)22-14-30-27-24(22)26(31-16-32-27)29-13-17-5-4-6-18(11-17)15-33/h1-3,7-10,12,14,16-18,33H,4-6,11,13,15H2,(H2,29,30,31,32)/t17-,18+/m0/s1. The number of nitrogens with one attached hydrogen (secondary N) is 2. The maximum Gasteiger partial charge on any atom is 0.196 e. The summed E-state index contributed by atoms with van der Waals surface area (Å²) in [5.74, 6) is 2.46. The van der Waals surface area contributed by atoms with Crippen molar-refractivity contribution in [2.24, 2.45) is 11.8 Å². The predicted molar refractivity (Wildman–Crippen MR) is 136 cm³/mol. The molecule has 8 heteroatoms. The number of hydrogen-bond donors (Lipinski definition) is 3. The highest BCUT2D eigenvalue weighted by molar-refractivity contribution is 6.35. The minimum absolute atomic E-state index is 0.219. The quantitative estimate of drug-likeness (QED) is 0.268. The van der Waals surface area contributed by atoms with Gasteiger partial charge in [0.1, 0.15) is 29.3 Å². The van der Waals surface area contributed by atoms with Crippen molar-refractivity contribution in [1.82, 2.24) is 15.0 Å². The van der Waals surface area contributed by atoms with Gasteiger partial charge in [-0.3, -0.25) is 4.79 Å². The number of benzene rings is 2. The lowest BCUT2D eigenvalue weighted by atomic mass is 9.82. The Labute approximate surface area is 208 Å². The molecule has 2 heterocycles. The van der Waals surface area contributed by atoms with E-state index in [1.165, 1.54) is 6.33 Å². The highest BCUT2D eigenvalue weighted by Crippen LogP contribution is 2.32. The first-order valence-corrected chi connectivity index (χ1v) is 12.2. The molecule has 0 bridgehead atoms. The van der Waals surface area contributed by atoms with E-state index in [9.17, 15) is 9.90 Å². The number of carbonyl (C=O) groups is 1. The minimum Gasteiger partial charge on any atom is -0.457 e. The molecule has 5 rings (SSSR count). The highest BCUT2D eigenvalue weighted by Gasteiger charge is 2.24. The molecule has 35 heavy (non-hydrogen) atoms. The van der Waals surface area contributed by atoms with Crippen molar-refractivity contribution >= 4 is 34.2 Å². The average Bonchev–Trinajstić information content (AvgIpc) is 3.33. The Morgan fingerprint density at radius 3 is 2.71 bits per heavy atom. The van der Waals surface area contributed by atoms with Crippen molar-refractivity contribution in [2.45, 2.75) is 25.7 Å². The van der Waals surface area contributed by atoms with Gasteiger partial charge in [-0.1, -0.05) is 36.2 Å². The second-order valence-electron chi connectivity index (χ2n) is 9.00. The van der Waals surface area contributed by atoms with E-state index >= 15 is 0 Å². The molecule has 0 saturated heterocycles. The van der Waals surface area contributed by atoms with E-state index in [1.807, 2.05) is 30.3 Å². The number of ether oxygens (including phenoxy) is 1. The summed E-state index contributed by atoms with van der Waals surface area (Å²) in [4.78, 5) is 25.3. The van der Waals surface area contributed by atoms with Crippen LogP contribution in [0.1, 0.15) is 41.6 Å². The fourth-order valence-electron chi connectivity index (χ4n) is 4.78. The van der Waals surface area contributed by atoms with Gasteiger partial charge in [0.15, 0.2) is 5.78 Å². The van der Waals surface area contributed by atoms with Gasteiger partial charge >= 0.3 is 0 Å². The van der Waals surface area contributed by atoms with Crippen LogP contribution in [0.25, 0.3) is 11.0 Å². The number of nitrogens with zero attached hydrogens (tertiary/aromatic N) is 2. The summed E-state index contributed by atoms with van der Waals surface area (Å²) in [7, 11) is 0. The number of aliphatic hydroxyl groups is 1. The molecule has 1 aliphatic rings. The summed E-state index contributed by atoms with van der Waals surface area (Å²) in [6.45, 7) is 0.967. The highest BCUT2D eigenvalue weighted by atomic mass is 35.5. The van der Waals surface area contributed by atoms with Gasteiger partial charge < -0.3 is 20.1 Å². The van der Waals surface area contributed by atoms with E-state index in [1.54, 1.807) is 24.4 Å². The first-order valence-electron chi connectivity index (χ1n) is 11.9. The van der Waals surface area contributed by atoms with Crippen LogP contribution in [0.2, 0.25) is 5.02 Å². The zero-order valence-corrected chi connectivity index (χ0v) is 20.0. The summed E-state index contributed by atoms with van der Waals surface area (Å²) < 4.78 is 5.83. The lowest BCUT2D eigenvalue weighted by Crippen LogP contribution is -2.24. The Morgan fingerprint density at radius 1 is 1.09 bits per heavy atom. The lowest BCUT2D eigenvalue weighted by molar-refractivity contribution is 0.104. The molecule has 0 aliphatic heterocycles. The summed E-state index contributed by atoms with van der Waals surface area (Å²) in [5.41, 5.74) is 1.42. The van der Waals surface area contributed by atoms with Crippen LogP contribution in [0.4, 0.5) is 5.82 Å². The maximum atomic E-state index is 13.5. The van der Waals surface area contributed by atoms with Crippen molar-refractivity contribution < 1.29 is 14.6 Å². The molecule has 1 aliphatic carbocycles. The number of anilines is 1. The van der Waals surface area contributed by atoms with Crippen molar-refractivity contribution in [3.8, 4) is 11.5 Å². The van der Waals surface area contributed by atoms with Crippen LogP contribution in [-0.2, 0) is 0 Å². The number of halogens is 1. The molecule has 2 aromatic carbocycles. The van der Waals surface area contributed by atoms with Gasteiger partial charge in [0.2, 0.25) is 0 Å². The Morgan fingerprint density at radius 2 is 1.91 bits per heavy atom. The lowest BCUT2D eigenvalue weighted by Gasteiger charge is -2.28. The molecule has 7 nitrogen and oxygen atoms in total. The smallest absolute Gasteiger partial charge is 0.196 e. The van der Waals surface area contributed by atoms with Crippen LogP contribution in [0.3, 0.4) is 0 Å². The van der Waals surface area contributed by atoms with E-state index in [0.29, 0.717) is 56.3 Å². The molecular weight excluding hydrogens is 464 g/mol. The molecule has 0 unspecified atom stereocenters. The third-order valence-corrected chi connectivity index (χ3v) is 6.90. The van der Waals surface area contributed by atoms with Crippen LogP contribution in [-0.4, -0.2) is 39.0 Å². The van der Waals surface area contributed by atoms with Crippen LogP contribution in [0, 0.1) is 11.8 Å². The molecule has 0 spiro atoms. The van der Waals surface area contributed by atoms with Crippen molar-refractivity contribution in [2.75, 3.05) is 18.5 Å². The van der Waals surface area contributed by atoms with E-state index in [2.05, 4.69) is 20.3 Å². The van der Waals surface area contributed by atoms with E-state index in [-0.39, 0.29) is 12.4 Å². The van der Waals surface area contributed by atoms with E-state index in [0.717, 1.165) is 32.2 Å². The van der Waals surface area contributed by atoms with E-state index < -0.39 is 0 Å². The van der Waals surface area contributed by atoms with Gasteiger partial charge in [0.05, 0.1) is 16.0 Å². The molecule has 0 radical (unpaired) electrons. The van der Waals surface area contributed by atoms with Crippen molar-refractivity contribution in [1.29, 1.82) is 0 Å². The number of aromatic amines is 1. The molecule has 1 fully saturated rings. The van der Waals surface area contributed by atoms with Gasteiger partial charge in [0, 0.05) is 31.0 Å². The topological polar surface area (TPSA) is 100 Å². The van der Waals surface area contributed by atoms with Crippen LogP contribution < -0.4 is 10.1 Å². The van der Waals surface area contributed by atoms with Gasteiger partial charge in [-0.25, -0.2) is 9.97 Å². The van der Waals surface area contributed by atoms with E-state index in [4.69, 9.17) is 16.3 Å². The summed E-state index contributed by atoms with van der Waals surface area (Å²) >= 11 is 6.51. The first kappa shape index (κ1) is 23.3. The van der Waals surface area contributed by atoms with Crippen LogP contribution in [0.15, 0.2) is 61.1 Å². The zero-order chi connectivity index (χ0) is 24.2. The monoisotopic (exact) mass is 490 g/mol. The minimum atomic E-state index is -0.219. The Bertz CT molecular complexity index is 1320. The number of carbonyl (C=O) groups excluding carboxylic acids is 1. The van der Waals surface area contributed by atoms with Gasteiger partial charge in [-0.15, -0.1) is 0 Å². The Hall–Kier alpha value is -3.42. The number of rotatable bonds is 8. The largest absolute Gasteiger partial charge is 0.457 e. The van der Waals surface area contributed by atoms with Crippen LogP contribution in [0.5, 0.6) is 11.5 Å². The summed E-state index contributed by atoms with van der Waals surface area (Å²) in [6, 6.07) is 14.4. The van der Waals surface area contributed by atoms with Gasteiger partial charge in [0.25, 0.3) is 0 Å². The van der Waals surface area contributed by atoms with Crippen molar-refractivity contribution in [3.63, 3.8) is 0 Å². The van der Waals surface area contributed by atoms with Crippen LogP contribution >= 0.6 is 11.6 Å². The fraction of sp³-hybridized carbons (Fsp3) is 0.296. The molecular formula is C27H27ClN4O3. The fourth-order valence-corrected chi connectivity index (χ4v) is 5.04. The first-order chi connectivity index (χ1) is 17.1. The van der Waals surface area contributed by atoms with Gasteiger partial charge in [-0.2, -0.15) is 0 Å². The second-order valence-corrected chi connectivity index (χ2v) is 9.40. The third kappa shape index (κ3) is 5.16. The summed E-state index contributed by atoms with van der Waals surface area (Å²) in [6.07, 6.45) is 7.44. The number of ketones is 1. The predicted octanol–water partition coefficient (Wildman–Crippen LogP) is 5.85. The molecule has 2 aromatic heterocycles. The molecule has 1 saturated carbocycles. The Balaban J connectivity index is 1.37. The number of aliphatic hydroxyl groups excluding tert-OH is 1. The molecule has 0 amide bonds. The second kappa shape index (κ2) is 10.5. The zero-order valence-electron chi connectivity index (χ0n) is 19.2. The number of aromatic nitrogens is 3. The molecule has 2 atom stereocenters. The normalized spacial score (nSPS) is 17.9. The number of para-hydroxylation sites is 1. The van der Waals surface area contributed by atoms with Crippen molar-refractivity contribution in [3.05, 3.63) is 77.2 Å². The molecule has 180 valence electrons. The SMILES string of the molecule is O=C(c1ccc(Oc2ccccc2)cc1Cl)c1c[nH]c2ncnc(NC[C@H]3CCC[C@@H](CO)C3)c12. The third-order valence-electron chi connectivity index (χ3n) is 6.59. The Kier molecular flexibility index (Phi) is 6.97. The molecule has 3 N–H and O–H groups in total. The number of H-pyrrole nitrogens is 1. The average molecular weight is 491 g/mol. The maximum absolute atomic E-state index is 13.5. The summed E-state index contributed by atoms with van der Waals surface area (Å²) in [5, 5.41) is 13.9. The number of hydrogen-bond acceptors (Lipinski definition) is 6.